The first-order valence-corrected chi connectivity index (χ1v) is 4.14. The van der Waals surface area contributed by atoms with E-state index in [9.17, 15) is 4.79 Å². The topological polar surface area (TPSA) is 46.5 Å². The fourth-order valence-corrected chi connectivity index (χ4v) is 1.28. The largest absolute Gasteiger partial charge is 0.496 e. The van der Waals surface area contributed by atoms with Gasteiger partial charge in [0.1, 0.15) is 5.75 Å². The van der Waals surface area contributed by atoms with Crippen molar-refractivity contribution in [3.8, 4) is 5.75 Å². The molecule has 0 aliphatic heterocycles. The van der Waals surface area contributed by atoms with Gasteiger partial charge in [0.25, 0.3) is 0 Å². The number of hydrogen-bond acceptors (Lipinski definition) is 2. The minimum atomic E-state index is -1.03. The van der Waals surface area contributed by atoms with Crippen molar-refractivity contribution in [1.82, 2.24) is 0 Å². The molecule has 0 saturated heterocycles. The van der Waals surface area contributed by atoms with E-state index in [-0.39, 0.29) is 5.57 Å². The Balaban J connectivity index is 3.27. The van der Waals surface area contributed by atoms with Crippen LogP contribution in [-0.4, -0.2) is 18.2 Å². The van der Waals surface area contributed by atoms with Crippen LogP contribution < -0.4 is 4.74 Å². The average Bonchev–Trinajstić information content (AvgIpc) is 2.16. The van der Waals surface area contributed by atoms with Crippen LogP contribution in [0.1, 0.15) is 11.1 Å². The van der Waals surface area contributed by atoms with Gasteiger partial charge in [-0.3, -0.25) is 0 Å². The molecule has 1 aromatic rings. The van der Waals surface area contributed by atoms with Gasteiger partial charge >= 0.3 is 5.97 Å². The molecule has 0 amide bonds. The van der Waals surface area contributed by atoms with Crippen molar-refractivity contribution in [3.63, 3.8) is 0 Å². The van der Waals surface area contributed by atoms with Crippen LogP contribution in [0.3, 0.4) is 0 Å². The number of hydrogen-bond donors (Lipinski definition) is 1. The van der Waals surface area contributed by atoms with Gasteiger partial charge in [0.15, 0.2) is 0 Å². The second kappa shape index (κ2) is 3.96. The predicted octanol–water partition coefficient (Wildman–Crippen LogP) is 2.10. The molecule has 0 atom stereocenters. The molecule has 3 heteroatoms. The van der Waals surface area contributed by atoms with E-state index in [1.807, 2.05) is 13.0 Å². The summed E-state index contributed by atoms with van der Waals surface area (Å²) in [5, 5.41) is 8.79. The molecule has 0 aliphatic carbocycles. The Bertz CT molecular complexity index is 380. The molecule has 74 valence electrons. The zero-order valence-corrected chi connectivity index (χ0v) is 8.20. The quantitative estimate of drug-likeness (QED) is 0.746. The summed E-state index contributed by atoms with van der Waals surface area (Å²) in [6, 6.07) is 5.32. The number of carbonyl (C=O) groups is 1. The maximum absolute atomic E-state index is 10.7. The lowest BCUT2D eigenvalue weighted by molar-refractivity contribution is -0.130. The van der Waals surface area contributed by atoms with E-state index in [0.717, 1.165) is 5.56 Å². The Morgan fingerprint density at radius 2 is 2.14 bits per heavy atom. The van der Waals surface area contributed by atoms with E-state index in [2.05, 4.69) is 6.58 Å². The second-order valence-electron chi connectivity index (χ2n) is 2.94. The molecule has 0 heterocycles. The SMILES string of the molecule is C=C(C(=O)O)c1cccc(C)c1OC. The van der Waals surface area contributed by atoms with Gasteiger partial charge in [-0.25, -0.2) is 4.79 Å². The van der Waals surface area contributed by atoms with E-state index < -0.39 is 5.97 Å². The van der Waals surface area contributed by atoms with Gasteiger partial charge in [0.05, 0.1) is 12.7 Å². The minimum Gasteiger partial charge on any atom is -0.496 e. The minimum absolute atomic E-state index is 0.0468. The highest BCUT2D eigenvalue weighted by atomic mass is 16.5. The van der Waals surface area contributed by atoms with Crippen molar-refractivity contribution in [2.75, 3.05) is 7.11 Å². The summed E-state index contributed by atoms with van der Waals surface area (Å²) < 4.78 is 5.12. The first-order valence-electron chi connectivity index (χ1n) is 4.14. The molecule has 0 bridgehead atoms. The lowest BCUT2D eigenvalue weighted by Crippen LogP contribution is -2.01. The molecule has 0 saturated carbocycles. The molecule has 1 rings (SSSR count). The number of benzene rings is 1. The lowest BCUT2D eigenvalue weighted by atomic mass is 10.0. The van der Waals surface area contributed by atoms with Crippen LogP contribution in [0.25, 0.3) is 5.57 Å². The Morgan fingerprint density at radius 1 is 1.50 bits per heavy atom. The van der Waals surface area contributed by atoms with Crippen LogP contribution in [0.2, 0.25) is 0 Å². The average molecular weight is 192 g/mol. The fourth-order valence-electron chi connectivity index (χ4n) is 1.28. The van der Waals surface area contributed by atoms with Crippen LogP contribution >= 0.6 is 0 Å². The van der Waals surface area contributed by atoms with Gasteiger partial charge in [-0.15, -0.1) is 0 Å². The Hall–Kier alpha value is -1.77. The number of ether oxygens (including phenoxy) is 1. The van der Waals surface area contributed by atoms with Gasteiger partial charge in [-0.1, -0.05) is 24.8 Å². The van der Waals surface area contributed by atoms with Gasteiger partial charge in [0, 0.05) is 5.56 Å². The van der Waals surface area contributed by atoms with Crippen molar-refractivity contribution in [2.24, 2.45) is 0 Å². The number of rotatable bonds is 3. The zero-order valence-electron chi connectivity index (χ0n) is 8.20. The molecule has 0 aliphatic rings. The Kier molecular flexibility index (Phi) is 2.92. The number of para-hydroxylation sites is 1. The van der Waals surface area contributed by atoms with E-state index in [4.69, 9.17) is 9.84 Å². The number of aryl methyl sites for hydroxylation is 1. The van der Waals surface area contributed by atoms with E-state index >= 15 is 0 Å². The highest BCUT2D eigenvalue weighted by molar-refractivity contribution is 6.15. The van der Waals surface area contributed by atoms with E-state index in [0.29, 0.717) is 11.3 Å². The summed E-state index contributed by atoms with van der Waals surface area (Å²) in [7, 11) is 1.51. The maximum Gasteiger partial charge on any atom is 0.335 e. The molecule has 0 aromatic heterocycles. The standard InChI is InChI=1S/C11H12O3/c1-7-5-4-6-9(10(7)14-3)8(2)11(12)13/h4-6H,2H2,1,3H3,(H,12,13). The maximum atomic E-state index is 10.7. The van der Waals surface area contributed by atoms with Gasteiger partial charge in [-0.2, -0.15) is 0 Å². The normalized spacial score (nSPS) is 9.57. The molecule has 14 heavy (non-hydrogen) atoms. The molecule has 0 fully saturated rings. The first-order chi connectivity index (χ1) is 6.57. The monoisotopic (exact) mass is 192 g/mol. The van der Waals surface area contributed by atoms with Crippen LogP contribution in [0.5, 0.6) is 5.75 Å². The van der Waals surface area contributed by atoms with Crippen LogP contribution in [0.15, 0.2) is 24.8 Å². The summed E-state index contributed by atoms with van der Waals surface area (Å²) in [5.74, 6) is -0.464. The number of carboxylic acids is 1. The molecule has 1 aromatic carbocycles. The molecular formula is C11H12O3. The van der Waals surface area contributed by atoms with Gasteiger partial charge in [-0.05, 0) is 12.5 Å². The van der Waals surface area contributed by atoms with Crippen LogP contribution in [0, 0.1) is 6.92 Å². The van der Waals surface area contributed by atoms with Crippen molar-refractivity contribution >= 4 is 11.5 Å². The number of aliphatic carboxylic acids is 1. The van der Waals surface area contributed by atoms with Crippen molar-refractivity contribution in [2.45, 2.75) is 6.92 Å². The lowest BCUT2D eigenvalue weighted by Gasteiger charge is -2.10. The van der Waals surface area contributed by atoms with E-state index in [1.54, 1.807) is 12.1 Å². The summed E-state index contributed by atoms with van der Waals surface area (Å²) in [5.41, 5.74) is 1.47. The number of carboxylic acid groups (broad SMARTS) is 1. The second-order valence-corrected chi connectivity index (χ2v) is 2.94. The smallest absolute Gasteiger partial charge is 0.335 e. The van der Waals surface area contributed by atoms with Crippen molar-refractivity contribution < 1.29 is 14.6 Å². The summed E-state index contributed by atoms with van der Waals surface area (Å²) in [6.45, 7) is 5.35. The van der Waals surface area contributed by atoms with Gasteiger partial charge in [0.2, 0.25) is 0 Å². The molecule has 0 unspecified atom stereocenters. The summed E-state index contributed by atoms with van der Waals surface area (Å²) >= 11 is 0. The van der Waals surface area contributed by atoms with Crippen molar-refractivity contribution in [3.05, 3.63) is 35.9 Å². The predicted molar refractivity (Wildman–Crippen MR) is 54.4 cm³/mol. The zero-order chi connectivity index (χ0) is 10.7. The highest BCUT2D eigenvalue weighted by Crippen LogP contribution is 2.28. The number of methoxy groups -OCH3 is 1. The Morgan fingerprint density at radius 3 is 2.64 bits per heavy atom. The van der Waals surface area contributed by atoms with Gasteiger partial charge < -0.3 is 9.84 Å². The van der Waals surface area contributed by atoms with Crippen LogP contribution in [0.4, 0.5) is 0 Å². The molecule has 3 nitrogen and oxygen atoms in total. The molecular weight excluding hydrogens is 180 g/mol. The third-order valence-electron chi connectivity index (χ3n) is 2.00. The van der Waals surface area contributed by atoms with Crippen LogP contribution in [-0.2, 0) is 4.79 Å². The third-order valence-corrected chi connectivity index (χ3v) is 2.00. The fraction of sp³-hybridized carbons (Fsp3) is 0.182. The molecule has 0 radical (unpaired) electrons. The molecule has 0 spiro atoms. The Labute approximate surface area is 82.6 Å². The first kappa shape index (κ1) is 10.3. The van der Waals surface area contributed by atoms with E-state index in [1.165, 1.54) is 7.11 Å². The molecule has 1 N–H and O–H groups in total. The summed E-state index contributed by atoms with van der Waals surface area (Å²) in [6.07, 6.45) is 0. The highest BCUT2D eigenvalue weighted by Gasteiger charge is 2.13. The van der Waals surface area contributed by atoms with Crippen molar-refractivity contribution in [1.29, 1.82) is 0 Å². The third kappa shape index (κ3) is 1.76. The summed E-state index contributed by atoms with van der Waals surface area (Å²) in [4.78, 5) is 10.7.